The zero-order chi connectivity index (χ0) is 37.8. The van der Waals surface area contributed by atoms with Crippen molar-refractivity contribution in [1.82, 2.24) is 9.80 Å². The predicted molar refractivity (Wildman–Crippen MR) is 191 cm³/mol. The summed E-state index contributed by atoms with van der Waals surface area (Å²) in [5, 5.41) is 12.1. The van der Waals surface area contributed by atoms with Crippen molar-refractivity contribution in [2.24, 2.45) is 0 Å². The van der Waals surface area contributed by atoms with E-state index in [0.29, 0.717) is 48.1 Å². The number of nitrogens with zero attached hydrogens (tertiary/aromatic N) is 2. The predicted octanol–water partition coefficient (Wildman–Crippen LogP) is 7.05. The molecule has 4 aromatic rings. The van der Waals surface area contributed by atoms with Crippen LogP contribution in [0, 0.1) is 0 Å². The largest absolute Gasteiger partial charge is 0.493 e. The molecule has 4 aromatic carbocycles. The molecule has 0 unspecified atom stereocenters. The zero-order valence-electron chi connectivity index (χ0n) is 29.8. The smallest absolute Gasteiger partial charge is 0.416 e. The van der Waals surface area contributed by atoms with E-state index in [1.54, 1.807) is 44.2 Å². The normalized spacial score (nSPS) is 13.4. The van der Waals surface area contributed by atoms with Gasteiger partial charge in [-0.15, -0.1) is 0 Å². The maximum absolute atomic E-state index is 13.0. The van der Waals surface area contributed by atoms with Crippen LogP contribution in [0.5, 0.6) is 28.7 Å². The van der Waals surface area contributed by atoms with Gasteiger partial charge < -0.3 is 39.2 Å². The second-order valence-corrected chi connectivity index (χ2v) is 12.3. The average Bonchev–Trinajstić information content (AvgIpc) is 3.11. The molecule has 0 saturated heterocycles. The van der Waals surface area contributed by atoms with Gasteiger partial charge in [0, 0.05) is 13.1 Å². The average molecular weight is 724 g/mol. The molecule has 1 heterocycles. The van der Waals surface area contributed by atoms with E-state index < -0.39 is 17.6 Å². The van der Waals surface area contributed by atoms with E-state index in [1.807, 2.05) is 44.4 Å². The van der Waals surface area contributed by atoms with Gasteiger partial charge in [0.2, 0.25) is 11.7 Å². The number of anilines is 1. The molecular weight excluding hydrogens is 679 g/mol. The molecule has 1 aliphatic rings. The number of ether oxygens (including phenoxy) is 4. The number of para-hydroxylation sites is 2. The minimum atomic E-state index is -4.44. The molecule has 2 N–H and O–H groups in total. The van der Waals surface area contributed by atoms with Gasteiger partial charge in [-0.3, -0.25) is 9.59 Å². The molecule has 0 fully saturated rings. The highest BCUT2D eigenvalue weighted by Crippen LogP contribution is 2.40. The molecule has 0 aliphatic carbocycles. The Morgan fingerprint density at radius 1 is 0.942 bits per heavy atom. The Bertz CT molecular complexity index is 1760. The van der Waals surface area contributed by atoms with Crippen molar-refractivity contribution in [3.8, 4) is 28.7 Å². The summed E-state index contributed by atoms with van der Waals surface area (Å²) in [6, 6.07) is 22.4. The molecule has 10 nitrogen and oxygen atoms in total. The zero-order valence-corrected chi connectivity index (χ0v) is 29.8. The quantitative estimate of drug-likeness (QED) is 0.170. The van der Waals surface area contributed by atoms with Crippen molar-refractivity contribution >= 4 is 17.5 Å². The number of amides is 2. The number of nitrogens with one attached hydrogen (secondary N) is 1. The molecule has 0 radical (unpaired) electrons. The number of halogens is 3. The number of methoxy groups -OCH3 is 2. The number of hydrogen-bond donors (Lipinski definition) is 2. The summed E-state index contributed by atoms with van der Waals surface area (Å²) < 4.78 is 60.4. The van der Waals surface area contributed by atoms with Crippen molar-refractivity contribution < 1.29 is 46.8 Å². The van der Waals surface area contributed by atoms with Gasteiger partial charge in [0.25, 0.3) is 5.91 Å². The number of carbonyl (C=O) groups is 2. The summed E-state index contributed by atoms with van der Waals surface area (Å²) in [6.07, 6.45) is -4.01. The highest BCUT2D eigenvalue weighted by Gasteiger charge is 2.30. The number of aliphatic hydroxyl groups excluding tert-OH is 1. The summed E-state index contributed by atoms with van der Waals surface area (Å²) in [7, 11) is 7.32. The molecule has 0 spiro atoms. The molecule has 5 rings (SSSR count). The Labute approximate surface area is 301 Å². The Kier molecular flexibility index (Phi) is 13.9. The van der Waals surface area contributed by atoms with Gasteiger partial charge in [-0.05, 0) is 87.1 Å². The van der Waals surface area contributed by atoms with Crippen LogP contribution in [0.1, 0.15) is 40.4 Å². The number of fused-ring (bicyclic) bond motifs is 1. The van der Waals surface area contributed by atoms with Gasteiger partial charge in [-0.1, -0.05) is 36.4 Å². The number of aliphatic hydroxyl groups is 1. The van der Waals surface area contributed by atoms with Crippen LogP contribution >= 0.6 is 0 Å². The maximum atomic E-state index is 13.0. The molecule has 278 valence electrons. The van der Waals surface area contributed by atoms with Gasteiger partial charge >= 0.3 is 6.18 Å². The van der Waals surface area contributed by atoms with E-state index in [4.69, 9.17) is 18.9 Å². The molecule has 52 heavy (non-hydrogen) atoms. The summed E-state index contributed by atoms with van der Waals surface area (Å²) in [4.78, 5) is 29.1. The molecule has 0 aromatic heterocycles. The SMILES string of the molecule is COc1cccc(OC)c1Oc1ccc(CN(C)C)cc1.C[C@@H](CO)N1CCCOc2c(NC(=O)Cc3ccc(C(F)(F)F)cc3)cccc2C1=O. The van der Waals surface area contributed by atoms with Crippen LogP contribution in [0.2, 0.25) is 0 Å². The molecular formula is C39H44F3N3O7. The second-order valence-electron chi connectivity index (χ2n) is 12.3. The van der Waals surface area contributed by atoms with E-state index in [-0.39, 0.29) is 36.3 Å². The van der Waals surface area contributed by atoms with E-state index >= 15 is 0 Å². The fourth-order valence-corrected chi connectivity index (χ4v) is 5.40. The van der Waals surface area contributed by atoms with Crippen LogP contribution in [0.3, 0.4) is 0 Å². The first-order chi connectivity index (χ1) is 24.8. The molecule has 2 amide bonds. The summed E-state index contributed by atoms with van der Waals surface area (Å²) in [5.74, 6) is 2.10. The maximum Gasteiger partial charge on any atom is 0.416 e. The molecule has 0 saturated carbocycles. The van der Waals surface area contributed by atoms with Gasteiger partial charge in [0.15, 0.2) is 17.2 Å². The molecule has 0 bridgehead atoms. The lowest BCUT2D eigenvalue weighted by Crippen LogP contribution is -2.42. The first-order valence-corrected chi connectivity index (χ1v) is 16.6. The van der Waals surface area contributed by atoms with E-state index in [0.717, 1.165) is 24.4 Å². The lowest BCUT2D eigenvalue weighted by Gasteiger charge is -2.31. The van der Waals surface area contributed by atoms with Crippen molar-refractivity contribution in [3.63, 3.8) is 0 Å². The third kappa shape index (κ3) is 10.6. The Balaban J connectivity index is 0.000000251. The second kappa shape index (κ2) is 18.3. The van der Waals surface area contributed by atoms with Crippen molar-refractivity contribution in [2.75, 3.05) is 53.4 Å². The van der Waals surface area contributed by atoms with Gasteiger partial charge in [-0.2, -0.15) is 13.2 Å². The minimum Gasteiger partial charge on any atom is -0.493 e. The molecule has 13 heteroatoms. The van der Waals surface area contributed by atoms with Crippen LogP contribution < -0.4 is 24.3 Å². The highest BCUT2D eigenvalue weighted by atomic mass is 19.4. The van der Waals surface area contributed by atoms with Crippen LogP contribution in [0.4, 0.5) is 18.9 Å². The van der Waals surface area contributed by atoms with Crippen molar-refractivity contribution in [1.29, 1.82) is 0 Å². The fraction of sp³-hybridized carbons (Fsp3) is 0.333. The first kappa shape index (κ1) is 39.5. The van der Waals surface area contributed by atoms with Crippen LogP contribution in [0.25, 0.3) is 0 Å². The van der Waals surface area contributed by atoms with Crippen LogP contribution in [0.15, 0.2) is 84.9 Å². The molecule has 1 aliphatic heterocycles. The Hall–Kier alpha value is -5.27. The number of alkyl halides is 3. The number of benzene rings is 4. The highest BCUT2D eigenvalue weighted by molar-refractivity contribution is 6.01. The van der Waals surface area contributed by atoms with Crippen LogP contribution in [-0.2, 0) is 23.9 Å². The fourth-order valence-electron chi connectivity index (χ4n) is 5.40. The summed E-state index contributed by atoms with van der Waals surface area (Å²) >= 11 is 0. The van der Waals surface area contributed by atoms with Crippen LogP contribution in [-0.4, -0.2) is 80.8 Å². The third-order valence-corrected chi connectivity index (χ3v) is 8.04. The monoisotopic (exact) mass is 723 g/mol. The Morgan fingerprint density at radius 2 is 1.56 bits per heavy atom. The van der Waals surface area contributed by atoms with E-state index in [9.17, 15) is 27.9 Å². The van der Waals surface area contributed by atoms with Gasteiger partial charge in [-0.25, -0.2) is 0 Å². The summed E-state index contributed by atoms with van der Waals surface area (Å²) in [6.45, 7) is 3.23. The van der Waals surface area contributed by atoms with E-state index in [1.165, 1.54) is 17.7 Å². The topological polar surface area (TPSA) is 110 Å². The van der Waals surface area contributed by atoms with Gasteiger partial charge in [0.1, 0.15) is 5.75 Å². The van der Waals surface area contributed by atoms with Gasteiger partial charge in [0.05, 0.1) is 56.7 Å². The number of rotatable bonds is 11. The number of carbonyl (C=O) groups excluding carboxylic acids is 2. The standard InChI is InChI=1S/C22H23F3N2O4.C17H21NO3/c1-14(13-28)27-10-3-11-31-20-17(21(27)30)4-2-5-18(20)26-19(29)12-15-6-8-16(9-7-15)22(23,24)25;1-18(2)12-13-8-10-14(11-9-13)21-17-15(19-3)6-5-7-16(17)20-4/h2,4-9,14,28H,3,10-13H2,1H3,(H,26,29);5-11H,12H2,1-4H3/t14-;/m0./s1. The van der Waals surface area contributed by atoms with Crippen molar-refractivity contribution in [3.05, 3.63) is 107 Å². The van der Waals surface area contributed by atoms with E-state index in [2.05, 4.69) is 22.3 Å². The first-order valence-electron chi connectivity index (χ1n) is 16.6. The number of hydrogen-bond acceptors (Lipinski definition) is 8. The van der Waals surface area contributed by atoms with Crippen molar-refractivity contribution in [2.45, 2.75) is 38.5 Å². The Morgan fingerprint density at radius 3 is 2.13 bits per heavy atom. The lowest BCUT2D eigenvalue weighted by atomic mass is 10.1. The summed E-state index contributed by atoms with van der Waals surface area (Å²) in [5.41, 5.74) is 1.45. The minimum absolute atomic E-state index is 0.135. The lowest BCUT2D eigenvalue weighted by molar-refractivity contribution is -0.137. The molecule has 1 atom stereocenters. The third-order valence-electron chi connectivity index (χ3n) is 8.04.